The summed E-state index contributed by atoms with van der Waals surface area (Å²) in [5.74, 6) is 0.199. The van der Waals surface area contributed by atoms with E-state index in [0.29, 0.717) is 12.1 Å². The molecule has 1 amide bonds. The van der Waals surface area contributed by atoms with E-state index in [9.17, 15) is 9.18 Å². The van der Waals surface area contributed by atoms with E-state index in [1.54, 1.807) is 12.1 Å². The van der Waals surface area contributed by atoms with E-state index in [0.717, 1.165) is 49.9 Å². The first-order chi connectivity index (χ1) is 13.6. The predicted octanol–water partition coefficient (Wildman–Crippen LogP) is 2.21. The van der Waals surface area contributed by atoms with Crippen LogP contribution in [0.5, 0.6) is 0 Å². The van der Waals surface area contributed by atoms with Gasteiger partial charge >= 0.3 is 0 Å². The topological polar surface area (TPSA) is 74.0 Å². The van der Waals surface area contributed by atoms with Gasteiger partial charge in [-0.3, -0.25) is 4.79 Å². The van der Waals surface area contributed by atoms with Crippen LogP contribution in [0.1, 0.15) is 22.8 Å². The summed E-state index contributed by atoms with van der Waals surface area (Å²) < 4.78 is 13.1. The molecule has 1 saturated heterocycles. The molecule has 1 aliphatic heterocycles. The average Bonchev–Trinajstić information content (AvgIpc) is 2.72. The van der Waals surface area contributed by atoms with E-state index in [2.05, 4.69) is 15.1 Å². The van der Waals surface area contributed by atoms with Gasteiger partial charge in [-0.05, 0) is 48.9 Å². The summed E-state index contributed by atoms with van der Waals surface area (Å²) in [7, 11) is 0. The molecule has 1 heterocycles. The largest absolute Gasteiger partial charge is 0.368 e. The lowest BCUT2D eigenvalue weighted by molar-refractivity contribution is 0.1000. The van der Waals surface area contributed by atoms with Gasteiger partial charge in [-0.25, -0.2) is 9.38 Å². The molecule has 7 heteroatoms. The molecular weight excluding hydrogens is 357 g/mol. The third kappa shape index (κ3) is 5.00. The number of piperazine rings is 1. The average molecular weight is 383 g/mol. The van der Waals surface area contributed by atoms with Gasteiger partial charge in [-0.15, -0.1) is 0 Å². The molecule has 2 aromatic rings. The molecule has 1 fully saturated rings. The van der Waals surface area contributed by atoms with Crippen LogP contribution in [0.15, 0.2) is 53.5 Å². The van der Waals surface area contributed by atoms with Crippen LogP contribution in [-0.4, -0.2) is 49.5 Å². The van der Waals surface area contributed by atoms with Crippen molar-refractivity contribution in [3.8, 4) is 0 Å². The quantitative estimate of drug-likeness (QED) is 0.613. The van der Waals surface area contributed by atoms with Gasteiger partial charge in [-0.1, -0.05) is 12.1 Å². The number of primary amides is 1. The number of aliphatic imine (C=N–C) groups is 1. The zero-order valence-corrected chi connectivity index (χ0v) is 16.1. The van der Waals surface area contributed by atoms with Crippen molar-refractivity contribution in [1.82, 2.24) is 10.2 Å². The van der Waals surface area contributed by atoms with Crippen molar-refractivity contribution < 1.29 is 9.18 Å². The highest BCUT2D eigenvalue weighted by molar-refractivity contribution is 5.92. The van der Waals surface area contributed by atoms with Gasteiger partial charge in [0, 0.05) is 44.0 Å². The molecule has 0 bridgehead atoms. The van der Waals surface area contributed by atoms with E-state index >= 15 is 0 Å². The van der Waals surface area contributed by atoms with Crippen LogP contribution in [0.2, 0.25) is 0 Å². The van der Waals surface area contributed by atoms with E-state index in [1.807, 2.05) is 31.2 Å². The molecule has 0 atom stereocenters. The third-order valence-corrected chi connectivity index (χ3v) is 4.73. The number of hydrogen-bond acceptors (Lipinski definition) is 3. The lowest BCUT2D eigenvalue weighted by atomic mass is 10.1. The Hall–Kier alpha value is -3.09. The summed E-state index contributed by atoms with van der Waals surface area (Å²) in [5.41, 5.74) is 7.82. The van der Waals surface area contributed by atoms with Crippen LogP contribution in [-0.2, 0) is 6.54 Å². The molecule has 148 valence electrons. The molecule has 0 unspecified atom stereocenters. The Morgan fingerprint density at radius 2 is 1.86 bits per heavy atom. The van der Waals surface area contributed by atoms with Crippen LogP contribution < -0.4 is 16.0 Å². The van der Waals surface area contributed by atoms with E-state index in [-0.39, 0.29) is 5.82 Å². The van der Waals surface area contributed by atoms with Crippen molar-refractivity contribution in [3.05, 3.63) is 65.5 Å². The molecule has 1 aliphatic rings. The number of halogens is 1. The minimum Gasteiger partial charge on any atom is -0.368 e. The monoisotopic (exact) mass is 383 g/mol. The van der Waals surface area contributed by atoms with Crippen molar-refractivity contribution in [2.75, 3.05) is 37.6 Å². The number of amides is 1. The Bertz CT molecular complexity index is 829. The fraction of sp³-hybridized carbons (Fsp3) is 0.333. The van der Waals surface area contributed by atoms with Gasteiger partial charge in [0.2, 0.25) is 5.91 Å². The number of nitrogens with zero attached hydrogens (tertiary/aromatic N) is 3. The molecule has 28 heavy (non-hydrogen) atoms. The minimum absolute atomic E-state index is 0.218. The van der Waals surface area contributed by atoms with Gasteiger partial charge in [-0.2, -0.15) is 0 Å². The fourth-order valence-corrected chi connectivity index (χ4v) is 3.24. The van der Waals surface area contributed by atoms with Gasteiger partial charge in [0.15, 0.2) is 5.96 Å². The zero-order valence-electron chi connectivity index (χ0n) is 16.1. The molecule has 2 aromatic carbocycles. The first kappa shape index (κ1) is 19.7. The second kappa shape index (κ2) is 9.21. The van der Waals surface area contributed by atoms with Gasteiger partial charge in [0.25, 0.3) is 0 Å². The van der Waals surface area contributed by atoms with E-state index in [4.69, 9.17) is 10.7 Å². The maximum absolute atomic E-state index is 13.1. The summed E-state index contributed by atoms with van der Waals surface area (Å²) in [6.45, 7) is 6.62. The van der Waals surface area contributed by atoms with E-state index < -0.39 is 5.91 Å². The SMILES string of the molecule is CCNC(=NCc1cccc(C(N)=O)c1)N1CCN(c2ccc(F)cc2)CC1. The smallest absolute Gasteiger partial charge is 0.248 e. The number of carbonyl (C=O) groups excluding carboxylic acids is 1. The van der Waals surface area contributed by atoms with Crippen LogP contribution in [0.4, 0.5) is 10.1 Å². The second-order valence-electron chi connectivity index (χ2n) is 6.69. The second-order valence-corrected chi connectivity index (χ2v) is 6.69. The number of nitrogens with two attached hydrogens (primary N) is 1. The van der Waals surface area contributed by atoms with Gasteiger partial charge in [0.1, 0.15) is 5.82 Å². The van der Waals surface area contributed by atoms with E-state index in [1.165, 1.54) is 12.1 Å². The summed E-state index contributed by atoms with van der Waals surface area (Å²) in [5, 5.41) is 3.34. The molecule has 6 nitrogen and oxygen atoms in total. The maximum atomic E-state index is 13.1. The van der Waals surface area contributed by atoms with Crippen molar-refractivity contribution in [2.45, 2.75) is 13.5 Å². The summed E-state index contributed by atoms with van der Waals surface area (Å²) >= 11 is 0. The maximum Gasteiger partial charge on any atom is 0.248 e. The molecule has 3 N–H and O–H groups in total. The fourth-order valence-electron chi connectivity index (χ4n) is 3.24. The number of anilines is 1. The van der Waals surface area contributed by atoms with Crippen LogP contribution >= 0.6 is 0 Å². The number of benzene rings is 2. The minimum atomic E-state index is -0.436. The van der Waals surface area contributed by atoms with Crippen LogP contribution in [0.25, 0.3) is 0 Å². The molecule has 0 saturated carbocycles. The van der Waals surface area contributed by atoms with Crippen molar-refractivity contribution in [3.63, 3.8) is 0 Å². The molecule has 0 radical (unpaired) electrons. The summed E-state index contributed by atoms with van der Waals surface area (Å²) in [6, 6.07) is 13.9. The summed E-state index contributed by atoms with van der Waals surface area (Å²) in [6.07, 6.45) is 0. The Morgan fingerprint density at radius 1 is 1.14 bits per heavy atom. The van der Waals surface area contributed by atoms with Crippen molar-refractivity contribution in [2.24, 2.45) is 10.7 Å². The Morgan fingerprint density at radius 3 is 2.50 bits per heavy atom. The van der Waals surface area contributed by atoms with Crippen LogP contribution in [0, 0.1) is 5.82 Å². The number of carbonyl (C=O) groups is 1. The first-order valence-electron chi connectivity index (χ1n) is 9.49. The lowest BCUT2D eigenvalue weighted by Gasteiger charge is -2.37. The molecule has 0 aliphatic carbocycles. The third-order valence-electron chi connectivity index (χ3n) is 4.73. The number of guanidine groups is 1. The lowest BCUT2D eigenvalue weighted by Crippen LogP contribution is -2.52. The van der Waals surface area contributed by atoms with Crippen molar-refractivity contribution in [1.29, 1.82) is 0 Å². The zero-order chi connectivity index (χ0) is 19.9. The van der Waals surface area contributed by atoms with Crippen molar-refractivity contribution >= 4 is 17.6 Å². The standard InChI is InChI=1S/C21H26FN5O/c1-2-24-21(25-15-16-4-3-5-17(14-16)20(23)28)27-12-10-26(11-13-27)19-8-6-18(22)7-9-19/h3-9,14H,2,10-13,15H2,1H3,(H2,23,28)(H,24,25). The number of nitrogens with one attached hydrogen (secondary N) is 1. The Kier molecular flexibility index (Phi) is 6.47. The van der Waals surface area contributed by atoms with Gasteiger partial charge < -0.3 is 20.9 Å². The predicted molar refractivity (Wildman–Crippen MR) is 110 cm³/mol. The summed E-state index contributed by atoms with van der Waals surface area (Å²) in [4.78, 5) is 20.5. The molecular formula is C21H26FN5O. The Balaban J connectivity index is 1.64. The van der Waals surface area contributed by atoms with Gasteiger partial charge in [0.05, 0.1) is 6.54 Å². The number of hydrogen-bond donors (Lipinski definition) is 2. The highest BCUT2D eigenvalue weighted by Gasteiger charge is 2.19. The highest BCUT2D eigenvalue weighted by atomic mass is 19.1. The van der Waals surface area contributed by atoms with Crippen LogP contribution in [0.3, 0.4) is 0 Å². The molecule has 3 rings (SSSR count). The highest BCUT2D eigenvalue weighted by Crippen LogP contribution is 2.17. The normalized spacial score (nSPS) is 14.9. The number of rotatable bonds is 5. The molecule has 0 spiro atoms. The Labute approximate surface area is 164 Å². The molecule has 0 aromatic heterocycles. The first-order valence-corrected chi connectivity index (χ1v) is 9.49.